The van der Waals surface area contributed by atoms with Gasteiger partial charge in [0.2, 0.25) is 0 Å². The lowest BCUT2D eigenvalue weighted by Crippen LogP contribution is -2.01. The summed E-state index contributed by atoms with van der Waals surface area (Å²) in [4.78, 5) is 10.1. The van der Waals surface area contributed by atoms with Crippen molar-refractivity contribution in [2.24, 2.45) is 0 Å². The van der Waals surface area contributed by atoms with Gasteiger partial charge in [0, 0.05) is 19.1 Å². The standard InChI is InChI=1S/C10H13NO5/c1-15-9-4-3-8(11(13)14)7-10(9)16-6-2-5-12/h3-4,7,12H,2,5-6H2,1H3. The van der Waals surface area contributed by atoms with Gasteiger partial charge in [0.15, 0.2) is 11.5 Å². The molecule has 6 nitrogen and oxygen atoms in total. The van der Waals surface area contributed by atoms with E-state index in [2.05, 4.69) is 0 Å². The van der Waals surface area contributed by atoms with Gasteiger partial charge in [-0.25, -0.2) is 0 Å². The van der Waals surface area contributed by atoms with Gasteiger partial charge in [0.05, 0.1) is 24.7 Å². The first-order chi connectivity index (χ1) is 7.69. The molecular formula is C10H13NO5. The Morgan fingerprint density at radius 1 is 1.44 bits per heavy atom. The van der Waals surface area contributed by atoms with E-state index in [4.69, 9.17) is 14.6 Å². The molecule has 6 heteroatoms. The second kappa shape index (κ2) is 5.92. The maximum Gasteiger partial charge on any atom is 0.273 e. The largest absolute Gasteiger partial charge is 0.493 e. The average Bonchev–Trinajstić information content (AvgIpc) is 2.29. The summed E-state index contributed by atoms with van der Waals surface area (Å²) >= 11 is 0. The number of nitro benzene ring substituents is 1. The Bertz CT molecular complexity index is 366. The summed E-state index contributed by atoms with van der Waals surface area (Å²) in [6, 6.07) is 4.13. The number of nitrogens with zero attached hydrogens (tertiary/aromatic N) is 1. The van der Waals surface area contributed by atoms with Gasteiger partial charge in [-0.05, 0) is 6.07 Å². The van der Waals surface area contributed by atoms with Crippen LogP contribution in [0.25, 0.3) is 0 Å². The summed E-state index contributed by atoms with van der Waals surface area (Å²) in [5.41, 5.74) is -0.0557. The van der Waals surface area contributed by atoms with Gasteiger partial charge in [0.25, 0.3) is 5.69 Å². The SMILES string of the molecule is COc1ccc([N+](=O)[O-])cc1OCCCO. The van der Waals surface area contributed by atoms with E-state index in [1.807, 2.05) is 0 Å². The van der Waals surface area contributed by atoms with Crippen LogP contribution in [0, 0.1) is 10.1 Å². The summed E-state index contributed by atoms with van der Waals surface area (Å²) in [6.45, 7) is 0.297. The van der Waals surface area contributed by atoms with Crippen LogP contribution in [-0.4, -0.2) is 30.4 Å². The minimum Gasteiger partial charge on any atom is -0.493 e. The third kappa shape index (κ3) is 3.09. The quantitative estimate of drug-likeness (QED) is 0.451. The molecule has 1 aromatic rings. The molecule has 0 aliphatic heterocycles. The van der Waals surface area contributed by atoms with E-state index in [0.717, 1.165) is 0 Å². The van der Waals surface area contributed by atoms with E-state index in [-0.39, 0.29) is 18.9 Å². The first-order valence-corrected chi connectivity index (χ1v) is 4.75. The zero-order valence-corrected chi connectivity index (χ0v) is 8.88. The van der Waals surface area contributed by atoms with E-state index < -0.39 is 4.92 Å². The van der Waals surface area contributed by atoms with Gasteiger partial charge in [-0.3, -0.25) is 10.1 Å². The molecule has 16 heavy (non-hydrogen) atoms. The molecule has 0 saturated carbocycles. The van der Waals surface area contributed by atoms with Crippen molar-refractivity contribution in [3.63, 3.8) is 0 Å². The number of non-ortho nitro benzene ring substituents is 1. The highest BCUT2D eigenvalue weighted by molar-refractivity contribution is 5.48. The zero-order chi connectivity index (χ0) is 12.0. The van der Waals surface area contributed by atoms with E-state index >= 15 is 0 Å². The first-order valence-electron chi connectivity index (χ1n) is 4.75. The molecule has 1 N–H and O–H groups in total. The lowest BCUT2D eigenvalue weighted by molar-refractivity contribution is -0.385. The molecule has 0 spiro atoms. The number of rotatable bonds is 6. The Labute approximate surface area is 92.6 Å². The monoisotopic (exact) mass is 227 g/mol. The van der Waals surface area contributed by atoms with Crippen LogP contribution in [0.5, 0.6) is 11.5 Å². The van der Waals surface area contributed by atoms with Crippen molar-refractivity contribution in [1.82, 2.24) is 0 Å². The van der Waals surface area contributed by atoms with E-state index in [1.54, 1.807) is 0 Å². The van der Waals surface area contributed by atoms with Crippen LogP contribution in [0.3, 0.4) is 0 Å². The molecule has 0 saturated heterocycles. The normalized spacial score (nSPS) is 9.88. The van der Waals surface area contributed by atoms with Crippen molar-refractivity contribution in [1.29, 1.82) is 0 Å². The fourth-order valence-corrected chi connectivity index (χ4v) is 1.14. The Kier molecular flexibility index (Phi) is 4.53. The molecule has 0 aliphatic carbocycles. The lowest BCUT2D eigenvalue weighted by Gasteiger charge is -2.09. The molecule has 0 heterocycles. The fourth-order valence-electron chi connectivity index (χ4n) is 1.14. The van der Waals surface area contributed by atoms with Gasteiger partial charge in [-0.2, -0.15) is 0 Å². The third-order valence-electron chi connectivity index (χ3n) is 1.92. The highest BCUT2D eigenvalue weighted by Gasteiger charge is 2.12. The fraction of sp³-hybridized carbons (Fsp3) is 0.400. The topological polar surface area (TPSA) is 81.8 Å². The number of hydrogen-bond acceptors (Lipinski definition) is 5. The smallest absolute Gasteiger partial charge is 0.273 e. The zero-order valence-electron chi connectivity index (χ0n) is 8.88. The predicted molar refractivity (Wildman–Crippen MR) is 56.8 cm³/mol. The van der Waals surface area contributed by atoms with Crippen LogP contribution in [0.15, 0.2) is 18.2 Å². The molecule has 0 radical (unpaired) electrons. The Hall–Kier alpha value is -1.82. The van der Waals surface area contributed by atoms with Crippen LogP contribution < -0.4 is 9.47 Å². The van der Waals surface area contributed by atoms with E-state index in [9.17, 15) is 10.1 Å². The Balaban J connectivity index is 2.84. The Morgan fingerprint density at radius 2 is 2.19 bits per heavy atom. The molecule has 0 bridgehead atoms. The highest BCUT2D eigenvalue weighted by Crippen LogP contribution is 2.31. The summed E-state index contributed by atoms with van der Waals surface area (Å²) < 4.78 is 10.3. The number of aliphatic hydroxyl groups excluding tert-OH is 1. The van der Waals surface area contributed by atoms with Crippen LogP contribution >= 0.6 is 0 Å². The summed E-state index contributed by atoms with van der Waals surface area (Å²) in [5, 5.41) is 19.1. The summed E-state index contributed by atoms with van der Waals surface area (Å²) in [5.74, 6) is 0.744. The minimum absolute atomic E-state index is 0.0112. The van der Waals surface area contributed by atoms with Crippen LogP contribution in [0.1, 0.15) is 6.42 Å². The van der Waals surface area contributed by atoms with Gasteiger partial charge < -0.3 is 14.6 Å². The molecule has 0 aromatic heterocycles. The van der Waals surface area contributed by atoms with Gasteiger partial charge in [0.1, 0.15) is 0 Å². The van der Waals surface area contributed by atoms with Crippen molar-refractivity contribution in [3.05, 3.63) is 28.3 Å². The second-order valence-electron chi connectivity index (χ2n) is 3.02. The number of hydrogen-bond donors (Lipinski definition) is 1. The lowest BCUT2D eigenvalue weighted by atomic mass is 10.3. The van der Waals surface area contributed by atoms with Crippen molar-refractivity contribution in [2.75, 3.05) is 20.3 Å². The number of methoxy groups -OCH3 is 1. The molecule has 0 fully saturated rings. The van der Waals surface area contributed by atoms with Gasteiger partial charge in [-0.1, -0.05) is 0 Å². The second-order valence-corrected chi connectivity index (χ2v) is 3.02. The van der Waals surface area contributed by atoms with Crippen molar-refractivity contribution in [3.8, 4) is 11.5 Å². The third-order valence-corrected chi connectivity index (χ3v) is 1.92. The summed E-state index contributed by atoms with van der Waals surface area (Å²) in [6.07, 6.45) is 0.464. The van der Waals surface area contributed by atoms with Crippen LogP contribution in [0.2, 0.25) is 0 Å². The summed E-state index contributed by atoms with van der Waals surface area (Å²) in [7, 11) is 1.46. The van der Waals surface area contributed by atoms with Gasteiger partial charge >= 0.3 is 0 Å². The number of benzene rings is 1. The van der Waals surface area contributed by atoms with Crippen molar-refractivity contribution in [2.45, 2.75) is 6.42 Å². The number of nitro groups is 1. The van der Waals surface area contributed by atoms with E-state index in [1.165, 1.54) is 25.3 Å². The predicted octanol–water partition coefficient (Wildman–Crippen LogP) is 1.36. The maximum absolute atomic E-state index is 10.6. The molecule has 0 aliphatic rings. The average molecular weight is 227 g/mol. The maximum atomic E-state index is 10.6. The minimum atomic E-state index is -0.502. The Morgan fingerprint density at radius 3 is 2.75 bits per heavy atom. The molecule has 0 atom stereocenters. The van der Waals surface area contributed by atoms with Crippen molar-refractivity contribution >= 4 is 5.69 Å². The van der Waals surface area contributed by atoms with E-state index in [0.29, 0.717) is 17.9 Å². The van der Waals surface area contributed by atoms with Crippen LogP contribution in [-0.2, 0) is 0 Å². The van der Waals surface area contributed by atoms with Crippen molar-refractivity contribution < 1.29 is 19.5 Å². The first kappa shape index (κ1) is 12.3. The molecular weight excluding hydrogens is 214 g/mol. The number of ether oxygens (including phenoxy) is 2. The molecule has 0 unspecified atom stereocenters. The molecule has 1 rings (SSSR count). The number of aliphatic hydroxyl groups is 1. The molecule has 1 aromatic carbocycles. The van der Waals surface area contributed by atoms with Crippen LogP contribution in [0.4, 0.5) is 5.69 Å². The van der Waals surface area contributed by atoms with Gasteiger partial charge in [-0.15, -0.1) is 0 Å². The molecule has 88 valence electrons. The highest BCUT2D eigenvalue weighted by atomic mass is 16.6. The molecule has 0 amide bonds.